The first-order valence-electron chi connectivity index (χ1n) is 6.34. The highest BCUT2D eigenvalue weighted by atomic mass is 35.5. The molecule has 0 spiro atoms. The van der Waals surface area contributed by atoms with Gasteiger partial charge in [-0.3, -0.25) is 0 Å². The number of aromatic nitrogens is 2. The minimum absolute atomic E-state index is 0.0277. The lowest BCUT2D eigenvalue weighted by molar-refractivity contribution is -0.137. The fraction of sp³-hybridized carbons (Fsp3) is 0.214. The normalized spacial score (nSPS) is 11.4. The Hall–Kier alpha value is -1.73. The van der Waals surface area contributed by atoms with Crippen LogP contribution >= 0.6 is 23.2 Å². The Morgan fingerprint density at radius 3 is 2.70 bits per heavy atom. The predicted molar refractivity (Wildman–Crippen MR) is 81.9 cm³/mol. The molecule has 0 atom stereocenters. The Morgan fingerprint density at radius 2 is 2.04 bits per heavy atom. The molecule has 0 amide bonds. The van der Waals surface area contributed by atoms with Gasteiger partial charge in [-0.05, 0) is 35.4 Å². The second-order valence-electron chi connectivity index (χ2n) is 4.35. The molecule has 1 radical (unpaired) electrons. The van der Waals surface area contributed by atoms with Crippen LogP contribution in [0.3, 0.4) is 0 Å². The number of halogens is 5. The topological polar surface area (TPSA) is 47.0 Å². The zero-order valence-corrected chi connectivity index (χ0v) is 13.3. The van der Waals surface area contributed by atoms with Crippen LogP contribution in [-0.2, 0) is 6.18 Å². The molecular formula is C14H11Cl2F3N3O. The summed E-state index contributed by atoms with van der Waals surface area (Å²) < 4.78 is 44.2. The summed E-state index contributed by atoms with van der Waals surface area (Å²) in [6.07, 6.45) is -1.86. The van der Waals surface area contributed by atoms with E-state index in [4.69, 9.17) is 27.9 Å². The standard InChI is InChI=1S/C14H11Cl2F3N3O/c1-20-12-11(7-21-13(16)22-12)23-5-4-8-6-9(15)2-3-10(8)14(17,18)19/h2-4,6-7H,5H2,1H3,(H,20,21,22). The second kappa shape index (κ2) is 7.23. The van der Waals surface area contributed by atoms with Gasteiger partial charge in [-0.1, -0.05) is 11.6 Å². The van der Waals surface area contributed by atoms with E-state index >= 15 is 0 Å². The van der Waals surface area contributed by atoms with Gasteiger partial charge in [0.05, 0.1) is 18.4 Å². The minimum atomic E-state index is -4.48. The van der Waals surface area contributed by atoms with Gasteiger partial charge in [-0.15, -0.1) is 0 Å². The van der Waals surface area contributed by atoms with Crippen LogP contribution in [0.15, 0.2) is 24.4 Å². The van der Waals surface area contributed by atoms with Crippen LogP contribution in [0.25, 0.3) is 0 Å². The Balaban J connectivity index is 2.12. The van der Waals surface area contributed by atoms with Crippen molar-refractivity contribution in [2.24, 2.45) is 0 Å². The first-order chi connectivity index (χ1) is 10.8. The largest absolute Gasteiger partial charge is 0.487 e. The monoisotopic (exact) mass is 364 g/mol. The smallest absolute Gasteiger partial charge is 0.416 e. The van der Waals surface area contributed by atoms with Gasteiger partial charge in [-0.2, -0.15) is 18.2 Å². The summed E-state index contributed by atoms with van der Waals surface area (Å²) in [5.74, 6) is 0.601. The molecule has 0 unspecified atom stereocenters. The van der Waals surface area contributed by atoms with Gasteiger partial charge < -0.3 is 10.1 Å². The summed E-state index contributed by atoms with van der Waals surface area (Å²) >= 11 is 11.4. The molecule has 0 saturated carbocycles. The van der Waals surface area contributed by atoms with Crippen LogP contribution in [0.5, 0.6) is 5.75 Å². The number of alkyl halides is 3. The third-order valence-corrected chi connectivity index (χ3v) is 3.24. The van der Waals surface area contributed by atoms with Crippen molar-refractivity contribution in [3.05, 3.63) is 52.2 Å². The average molecular weight is 365 g/mol. The van der Waals surface area contributed by atoms with E-state index in [2.05, 4.69) is 15.3 Å². The quantitative estimate of drug-likeness (QED) is 0.794. The van der Waals surface area contributed by atoms with E-state index in [1.54, 1.807) is 7.05 Å². The zero-order chi connectivity index (χ0) is 17.0. The molecule has 2 rings (SSSR count). The van der Waals surface area contributed by atoms with Crippen LogP contribution in [0, 0.1) is 6.42 Å². The highest BCUT2D eigenvalue weighted by Crippen LogP contribution is 2.34. The van der Waals surface area contributed by atoms with E-state index in [0.29, 0.717) is 5.82 Å². The maximum absolute atomic E-state index is 12.9. The number of nitrogens with one attached hydrogen (secondary N) is 1. The van der Waals surface area contributed by atoms with Gasteiger partial charge in [0.15, 0.2) is 11.6 Å². The maximum Gasteiger partial charge on any atom is 0.416 e. The molecule has 1 aromatic carbocycles. The molecule has 1 heterocycles. The lowest BCUT2D eigenvalue weighted by Crippen LogP contribution is -2.11. The third kappa shape index (κ3) is 4.62. The van der Waals surface area contributed by atoms with Crippen molar-refractivity contribution in [1.29, 1.82) is 0 Å². The number of hydrogen-bond donors (Lipinski definition) is 1. The fourth-order valence-electron chi connectivity index (χ4n) is 1.82. The van der Waals surface area contributed by atoms with Crippen LogP contribution in [0.4, 0.5) is 19.0 Å². The molecular weight excluding hydrogens is 354 g/mol. The molecule has 123 valence electrons. The van der Waals surface area contributed by atoms with Crippen LogP contribution < -0.4 is 10.1 Å². The van der Waals surface area contributed by atoms with Crippen molar-refractivity contribution >= 4 is 29.0 Å². The van der Waals surface area contributed by atoms with Crippen LogP contribution in [0.2, 0.25) is 10.3 Å². The van der Waals surface area contributed by atoms with Gasteiger partial charge >= 0.3 is 6.18 Å². The number of ether oxygens (including phenoxy) is 1. The van der Waals surface area contributed by atoms with E-state index in [0.717, 1.165) is 6.07 Å². The van der Waals surface area contributed by atoms with Crippen LogP contribution in [0.1, 0.15) is 11.1 Å². The molecule has 2 aromatic rings. The van der Waals surface area contributed by atoms with Crippen molar-refractivity contribution in [2.45, 2.75) is 6.18 Å². The van der Waals surface area contributed by atoms with Crippen molar-refractivity contribution in [1.82, 2.24) is 9.97 Å². The second-order valence-corrected chi connectivity index (χ2v) is 5.12. The Kier molecular flexibility index (Phi) is 5.54. The molecule has 0 saturated heterocycles. The Bertz CT molecular complexity index is 695. The summed E-state index contributed by atoms with van der Waals surface area (Å²) in [5.41, 5.74) is -0.849. The average Bonchev–Trinajstić information content (AvgIpc) is 2.47. The molecule has 0 fully saturated rings. The van der Waals surface area contributed by atoms with Crippen molar-refractivity contribution in [3.63, 3.8) is 0 Å². The molecule has 23 heavy (non-hydrogen) atoms. The van der Waals surface area contributed by atoms with E-state index in [-0.39, 0.29) is 28.2 Å². The SMILES string of the molecule is CNc1nc(Cl)ncc1OC[CH]c1cc(Cl)ccc1C(F)(F)F. The number of rotatable bonds is 5. The summed E-state index contributed by atoms with van der Waals surface area (Å²) in [7, 11) is 1.61. The van der Waals surface area contributed by atoms with E-state index < -0.39 is 11.7 Å². The van der Waals surface area contributed by atoms with Gasteiger partial charge in [0.2, 0.25) is 5.28 Å². The molecule has 9 heteroatoms. The molecule has 0 aliphatic rings. The first-order valence-corrected chi connectivity index (χ1v) is 7.10. The summed E-state index contributed by atoms with van der Waals surface area (Å²) in [5, 5.41) is 2.99. The molecule has 4 nitrogen and oxygen atoms in total. The van der Waals surface area contributed by atoms with Gasteiger partial charge in [-0.25, -0.2) is 4.98 Å². The molecule has 0 bridgehead atoms. The summed E-state index contributed by atoms with van der Waals surface area (Å²) in [6.45, 7) is -0.122. The maximum atomic E-state index is 12.9. The lowest BCUT2D eigenvalue weighted by Gasteiger charge is -2.14. The summed E-state index contributed by atoms with van der Waals surface area (Å²) in [4.78, 5) is 7.65. The Labute approximate surface area is 140 Å². The number of anilines is 1. The van der Waals surface area contributed by atoms with Gasteiger partial charge in [0, 0.05) is 18.5 Å². The van der Waals surface area contributed by atoms with Crippen molar-refractivity contribution < 1.29 is 17.9 Å². The first kappa shape index (κ1) is 17.6. The van der Waals surface area contributed by atoms with Crippen LogP contribution in [-0.4, -0.2) is 23.6 Å². The highest BCUT2D eigenvalue weighted by molar-refractivity contribution is 6.30. The zero-order valence-electron chi connectivity index (χ0n) is 11.8. The number of benzene rings is 1. The molecule has 1 N–H and O–H groups in total. The lowest BCUT2D eigenvalue weighted by atomic mass is 10.0. The highest BCUT2D eigenvalue weighted by Gasteiger charge is 2.33. The molecule has 0 aliphatic carbocycles. The van der Waals surface area contributed by atoms with Crippen molar-refractivity contribution in [3.8, 4) is 5.75 Å². The number of nitrogens with zero attached hydrogens (tertiary/aromatic N) is 2. The van der Waals surface area contributed by atoms with Crippen molar-refractivity contribution in [2.75, 3.05) is 19.0 Å². The predicted octanol–water partition coefficient (Wildman–Crippen LogP) is 4.48. The van der Waals surface area contributed by atoms with E-state index in [1.165, 1.54) is 24.8 Å². The Morgan fingerprint density at radius 1 is 1.30 bits per heavy atom. The minimum Gasteiger partial charge on any atom is -0.487 e. The van der Waals surface area contributed by atoms with Gasteiger partial charge in [0.25, 0.3) is 0 Å². The van der Waals surface area contributed by atoms with E-state index in [9.17, 15) is 13.2 Å². The summed E-state index contributed by atoms with van der Waals surface area (Å²) in [6, 6.07) is 3.35. The number of hydrogen-bond acceptors (Lipinski definition) is 4. The third-order valence-electron chi connectivity index (χ3n) is 2.82. The fourth-order valence-corrected chi connectivity index (χ4v) is 2.13. The molecule has 1 aromatic heterocycles. The van der Waals surface area contributed by atoms with Gasteiger partial charge in [0.1, 0.15) is 0 Å². The molecule has 0 aliphatic heterocycles. The van der Waals surface area contributed by atoms with E-state index in [1.807, 2.05) is 0 Å².